The summed E-state index contributed by atoms with van der Waals surface area (Å²) in [6.07, 6.45) is 2.44. The van der Waals surface area contributed by atoms with Crippen molar-refractivity contribution in [3.63, 3.8) is 0 Å². The minimum Gasteiger partial charge on any atom is -0.381 e. The van der Waals surface area contributed by atoms with Gasteiger partial charge in [-0.05, 0) is 31.1 Å². The molecule has 1 saturated heterocycles. The van der Waals surface area contributed by atoms with Gasteiger partial charge in [0.05, 0.1) is 11.5 Å². The van der Waals surface area contributed by atoms with E-state index in [4.69, 9.17) is 27.9 Å². The maximum atomic E-state index is 11.7. The van der Waals surface area contributed by atoms with Crippen LogP contribution in [-0.4, -0.2) is 44.9 Å². The average Bonchev–Trinajstić information content (AvgIpc) is 2.75. The van der Waals surface area contributed by atoms with Gasteiger partial charge in [-0.15, -0.1) is 23.2 Å². The van der Waals surface area contributed by atoms with Gasteiger partial charge in [0.1, 0.15) is 0 Å². The SMILES string of the molecule is CC(C)CCOCCC(CCl)(CCl)C1CCS(=O)(=O)C1. The first kappa shape index (κ1) is 18.5. The average molecular weight is 345 g/mol. The number of sulfone groups is 1. The van der Waals surface area contributed by atoms with Crippen molar-refractivity contribution < 1.29 is 13.2 Å². The molecule has 0 aromatic carbocycles. The summed E-state index contributed by atoms with van der Waals surface area (Å²) in [4.78, 5) is 0. The van der Waals surface area contributed by atoms with Gasteiger partial charge in [-0.1, -0.05) is 13.8 Å². The Morgan fingerprint density at radius 3 is 2.35 bits per heavy atom. The van der Waals surface area contributed by atoms with E-state index in [0.29, 0.717) is 30.7 Å². The summed E-state index contributed by atoms with van der Waals surface area (Å²) >= 11 is 12.3. The van der Waals surface area contributed by atoms with E-state index >= 15 is 0 Å². The first-order valence-electron chi connectivity index (χ1n) is 7.25. The zero-order valence-electron chi connectivity index (χ0n) is 12.4. The summed E-state index contributed by atoms with van der Waals surface area (Å²) < 4.78 is 29.0. The molecule has 20 heavy (non-hydrogen) atoms. The van der Waals surface area contributed by atoms with E-state index in [1.54, 1.807) is 0 Å². The lowest BCUT2D eigenvalue weighted by Gasteiger charge is -2.35. The molecule has 0 aliphatic carbocycles. The minimum absolute atomic E-state index is 0.0659. The fourth-order valence-electron chi connectivity index (χ4n) is 2.57. The second-order valence-electron chi connectivity index (χ2n) is 6.27. The molecule has 0 aromatic rings. The lowest BCUT2D eigenvalue weighted by atomic mass is 9.75. The summed E-state index contributed by atoms with van der Waals surface area (Å²) in [5.41, 5.74) is -0.315. The molecule has 1 unspecified atom stereocenters. The predicted octanol–water partition coefficient (Wildman–Crippen LogP) is 3.34. The third-order valence-corrected chi connectivity index (χ3v) is 7.05. The van der Waals surface area contributed by atoms with Gasteiger partial charge >= 0.3 is 0 Å². The minimum atomic E-state index is -2.90. The van der Waals surface area contributed by atoms with Gasteiger partial charge in [0.2, 0.25) is 0 Å². The summed E-state index contributed by atoms with van der Waals surface area (Å²) in [7, 11) is -2.90. The summed E-state index contributed by atoms with van der Waals surface area (Å²) in [6.45, 7) is 5.66. The van der Waals surface area contributed by atoms with Gasteiger partial charge in [-0.25, -0.2) is 8.42 Å². The Balaban J connectivity index is 2.50. The van der Waals surface area contributed by atoms with Gasteiger partial charge < -0.3 is 4.74 Å². The smallest absolute Gasteiger partial charge is 0.150 e. The molecule has 1 atom stereocenters. The highest BCUT2D eigenvalue weighted by molar-refractivity contribution is 7.91. The molecule has 120 valence electrons. The maximum absolute atomic E-state index is 11.7. The van der Waals surface area contributed by atoms with Gasteiger partial charge in [-0.3, -0.25) is 0 Å². The summed E-state index contributed by atoms with van der Waals surface area (Å²) in [5, 5.41) is 0. The van der Waals surface area contributed by atoms with Crippen LogP contribution in [0.5, 0.6) is 0 Å². The molecule has 0 amide bonds. The number of hydrogen-bond acceptors (Lipinski definition) is 3. The van der Waals surface area contributed by atoms with E-state index in [-0.39, 0.29) is 22.8 Å². The number of hydrogen-bond donors (Lipinski definition) is 0. The Labute approximate surface area is 133 Å². The lowest BCUT2D eigenvalue weighted by molar-refractivity contribution is 0.0822. The van der Waals surface area contributed by atoms with Crippen LogP contribution in [0.15, 0.2) is 0 Å². The fraction of sp³-hybridized carbons (Fsp3) is 1.00. The van der Waals surface area contributed by atoms with E-state index in [1.807, 2.05) is 0 Å². The van der Waals surface area contributed by atoms with Crippen LogP contribution >= 0.6 is 23.2 Å². The standard InChI is InChI=1S/C14H26Cl2O3S/c1-12(2)3-6-19-7-5-14(10-15,11-16)13-4-8-20(17,18)9-13/h12-13H,3-11H2,1-2H3. The van der Waals surface area contributed by atoms with Gasteiger partial charge in [0.15, 0.2) is 9.84 Å². The molecule has 0 spiro atoms. The van der Waals surface area contributed by atoms with E-state index in [2.05, 4.69) is 13.8 Å². The Hall–Kier alpha value is 0.490. The van der Waals surface area contributed by atoms with E-state index in [1.165, 1.54) is 0 Å². The number of rotatable bonds is 9. The van der Waals surface area contributed by atoms with Crippen LogP contribution in [0.4, 0.5) is 0 Å². The van der Waals surface area contributed by atoms with Crippen LogP contribution in [0.25, 0.3) is 0 Å². The molecule has 1 aliphatic rings. The molecule has 3 nitrogen and oxygen atoms in total. The largest absolute Gasteiger partial charge is 0.381 e. The molecule has 0 radical (unpaired) electrons. The molecular weight excluding hydrogens is 319 g/mol. The highest BCUT2D eigenvalue weighted by Gasteiger charge is 2.43. The van der Waals surface area contributed by atoms with Crippen LogP contribution in [0.2, 0.25) is 0 Å². The topological polar surface area (TPSA) is 43.4 Å². The molecule has 1 aliphatic heterocycles. The number of halogens is 2. The molecule has 0 aromatic heterocycles. The van der Waals surface area contributed by atoms with Crippen molar-refractivity contribution in [1.82, 2.24) is 0 Å². The number of ether oxygens (including phenoxy) is 1. The molecule has 6 heteroatoms. The molecular formula is C14H26Cl2O3S. The van der Waals surface area contributed by atoms with Gasteiger partial charge in [0.25, 0.3) is 0 Å². The van der Waals surface area contributed by atoms with Crippen molar-refractivity contribution in [1.29, 1.82) is 0 Å². The molecule has 1 heterocycles. The highest BCUT2D eigenvalue weighted by Crippen LogP contribution is 2.41. The second kappa shape index (κ2) is 8.21. The predicted molar refractivity (Wildman–Crippen MR) is 85.5 cm³/mol. The van der Waals surface area contributed by atoms with Crippen LogP contribution < -0.4 is 0 Å². The lowest BCUT2D eigenvalue weighted by Crippen LogP contribution is -2.36. The Bertz CT molecular complexity index is 378. The summed E-state index contributed by atoms with van der Waals surface area (Å²) in [6, 6.07) is 0. The quantitative estimate of drug-likeness (QED) is 0.475. The van der Waals surface area contributed by atoms with E-state index < -0.39 is 9.84 Å². The Kier molecular flexibility index (Phi) is 7.61. The highest BCUT2D eigenvalue weighted by atomic mass is 35.5. The van der Waals surface area contributed by atoms with Crippen molar-refractivity contribution in [2.24, 2.45) is 17.3 Å². The Morgan fingerprint density at radius 2 is 1.90 bits per heavy atom. The monoisotopic (exact) mass is 344 g/mol. The first-order valence-corrected chi connectivity index (χ1v) is 10.1. The van der Waals surface area contributed by atoms with Gasteiger partial charge in [-0.2, -0.15) is 0 Å². The van der Waals surface area contributed by atoms with Crippen molar-refractivity contribution in [2.75, 3.05) is 36.5 Å². The third-order valence-electron chi connectivity index (χ3n) is 4.21. The van der Waals surface area contributed by atoms with Crippen LogP contribution in [0, 0.1) is 17.3 Å². The fourth-order valence-corrected chi connectivity index (χ4v) is 5.50. The molecule has 0 N–H and O–H groups in total. The van der Waals surface area contributed by atoms with E-state index in [0.717, 1.165) is 19.4 Å². The normalized spacial score (nSPS) is 22.6. The molecule has 0 saturated carbocycles. The van der Waals surface area contributed by atoms with E-state index in [9.17, 15) is 8.42 Å². The van der Waals surface area contributed by atoms with Gasteiger partial charge in [0, 0.05) is 30.4 Å². The van der Waals surface area contributed by atoms with Crippen molar-refractivity contribution in [3.05, 3.63) is 0 Å². The molecule has 1 rings (SSSR count). The molecule has 0 bridgehead atoms. The second-order valence-corrected chi connectivity index (χ2v) is 9.04. The van der Waals surface area contributed by atoms with Crippen molar-refractivity contribution in [3.8, 4) is 0 Å². The molecule has 1 fully saturated rings. The van der Waals surface area contributed by atoms with Crippen molar-refractivity contribution >= 4 is 33.0 Å². The first-order chi connectivity index (χ1) is 9.35. The maximum Gasteiger partial charge on any atom is 0.150 e. The van der Waals surface area contributed by atoms with Crippen molar-refractivity contribution in [2.45, 2.75) is 33.1 Å². The summed E-state index contributed by atoms with van der Waals surface area (Å²) in [5.74, 6) is 1.96. The number of alkyl halides is 2. The zero-order chi connectivity index (χ0) is 15.2. The van der Waals surface area contributed by atoms with Crippen LogP contribution in [0.1, 0.15) is 33.1 Å². The van der Waals surface area contributed by atoms with Crippen LogP contribution in [-0.2, 0) is 14.6 Å². The zero-order valence-corrected chi connectivity index (χ0v) is 14.7. The van der Waals surface area contributed by atoms with Crippen LogP contribution in [0.3, 0.4) is 0 Å². The third kappa shape index (κ3) is 5.36. The Morgan fingerprint density at radius 1 is 1.25 bits per heavy atom.